The van der Waals surface area contributed by atoms with E-state index in [2.05, 4.69) is 31.9 Å². The monoisotopic (exact) mass is 900 g/mol. The number of thiophene rings is 1. The van der Waals surface area contributed by atoms with E-state index in [1.54, 1.807) is 54.6 Å². The van der Waals surface area contributed by atoms with Crippen LogP contribution in [0.5, 0.6) is 0 Å². The molecule has 7 rings (SSSR count). The lowest BCUT2D eigenvalue weighted by molar-refractivity contribution is -0.147. The maximum Gasteiger partial charge on any atom is 0.326 e. The highest BCUT2D eigenvalue weighted by Gasteiger charge is 2.34. The number of aliphatic carboxylic acids is 2. The van der Waals surface area contributed by atoms with E-state index in [0.29, 0.717) is 22.4 Å². The van der Waals surface area contributed by atoms with Crippen LogP contribution in [0.2, 0.25) is 0 Å². The number of carbonyl (C=O) groups excluding carboxylic acids is 6. The molecule has 2 aliphatic heterocycles. The van der Waals surface area contributed by atoms with Gasteiger partial charge >= 0.3 is 11.9 Å². The van der Waals surface area contributed by atoms with E-state index in [-0.39, 0.29) is 38.5 Å². The SMILES string of the molecule is O=C(O)C[C@H](NC(=O)[C@@H]1Cc2ccc(cc2)NC(=O)CCC(=O)N[C@H](Cc2cccs2)C(=O)N[C@@H](Cc2ccc(-c3ccccc3)cc2)C(=O)N[C@H](Cc2ccccc2)C(=O)N1)C(=O)O. The summed E-state index contributed by atoms with van der Waals surface area (Å²) in [5, 5.41) is 36.8. The summed E-state index contributed by atoms with van der Waals surface area (Å²) in [4.78, 5) is 108. The fraction of sp³-hybridized carbons (Fsp3) is 0.250. The molecule has 6 amide bonds. The van der Waals surface area contributed by atoms with Crippen LogP contribution in [0.25, 0.3) is 11.1 Å². The summed E-state index contributed by atoms with van der Waals surface area (Å²) in [6, 6.07) is 28.4. The summed E-state index contributed by atoms with van der Waals surface area (Å²) in [6.07, 6.45) is -1.72. The van der Waals surface area contributed by atoms with Crippen molar-refractivity contribution in [2.45, 2.75) is 75.2 Å². The zero-order chi connectivity index (χ0) is 46.3. The first-order valence-corrected chi connectivity index (χ1v) is 21.7. The largest absolute Gasteiger partial charge is 0.481 e. The number of anilines is 1. The topological polar surface area (TPSA) is 249 Å². The minimum Gasteiger partial charge on any atom is -0.481 e. The molecule has 0 saturated heterocycles. The molecule has 0 spiro atoms. The van der Waals surface area contributed by atoms with Crippen molar-refractivity contribution in [3.8, 4) is 11.1 Å². The van der Waals surface area contributed by atoms with Gasteiger partial charge in [0.1, 0.15) is 30.2 Å². The molecular weight excluding hydrogens is 853 g/mol. The summed E-state index contributed by atoms with van der Waals surface area (Å²) in [7, 11) is 0. The van der Waals surface area contributed by atoms with Crippen molar-refractivity contribution in [2.75, 3.05) is 5.32 Å². The van der Waals surface area contributed by atoms with Crippen LogP contribution in [-0.4, -0.2) is 87.8 Å². The highest BCUT2D eigenvalue weighted by Crippen LogP contribution is 2.21. The predicted molar refractivity (Wildman–Crippen MR) is 241 cm³/mol. The van der Waals surface area contributed by atoms with E-state index in [9.17, 15) is 48.6 Å². The van der Waals surface area contributed by atoms with Gasteiger partial charge in [0, 0.05) is 49.1 Å². The lowest BCUT2D eigenvalue weighted by atomic mass is 9.99. The molecule has 0 aliphatic carbocycles. The van der Waals surface area contributed by atoms with E-state index >= 15 is 0 Å². The van der Waals surface area contributed by atoms with Crippen molar-refractivity contribution in [3.63, 3.8) is 0 Å². The predicted octanol–water partition coefficient (Wildman–Crippen LogP) is 3.40. The van der Waals surface area contributed by atoms with Crippen LogP contribution in [0.4, 0.5) is 5.69 Å². The second-order valence-corrected chi connectivity index (χ2v) is 16.5. The van der Waals surface area contributed by atoms with Gasteiger partial charge in [-0.2, -0.15) is 0 Å². The van der Waals surface area contributed by atoms with Crippen LogP contribution in [0, 0.1) is 0 Å². The zero-order valence-electron chi connectivity index (χ0n) is 35.0. The highest BCUT2D eigenvalue weighted by atomic mass is 32.1. The molecule has 16 nitrogen and oxygen atoms in total. The Kier molecular flexibility index (Phi) is 16.3. The summed E-state index contributed by atoms with van der Waals surface area (Å²) in [5.74, 6) is -7.49. The van der Waals surface area contributed by atoms with E-state index < -0.39 is 84.0 Å². The first-order chi connectivity index (χ1) is 31.3. The van der Waals surface area contributed by atoms with Gasteiger partial charge in [0.15, 0.2) is 0 Å². The quantitative estimate of drug-likeness (QED) is 0.0848. The molecule has 4 aromatic carbocycles. The number of amides is 6. The average molecular weight is 901 g/mol. The first kappa shape index (κ1) is 46.8. The van der Waals surface area contributed by atoms with Crippen molar-refractivity contribution < 1.29 is 48.6 Å². The molecule has 2 bridgehead atoms. The molecule has 0 saturated carbocycles. The van der Waals surface area contributed by atoms with Crippen molar-refractivity contribution >= 4 is 64.4 Å². The number of hydrogen-bond donors (Lipinski definition) is 8. The molecule has 2 aliphatic rings. The van der Waals surface area contributed by atoms with Crippen LogP contribution < -0.4 is 31.9 Å². The Labute approximate surface area is 378 Å². The molecule has 5 aromatic rings. The van der Waals surface area contributed by atoms with Crippen molar-refractivity contribution in [1.29, 1.82) is 0 Å². The average Bonchev–Trinajstić information content (AvgIpc) is 3.81. The first-order valence-electron chi connectivity index (χ1n) is 20.8. The van der Waals surface area contributed by atoms with Gasteiger partial charge in [0.25, 0.3) is 0 Å². The minimum absolute atomic E-state index is 0.0484. The van der Waals surface area contributed by atoms with E-state index in [1.807, 2.05) is 60.0 Å². The summed E-state index contributed by atoms with van der Waals surface area (Å²) in [6.45, 7) is 0. The second kappa shape index (κ2) is 22.6. The zero-order valence-corrected chi connectivity index (χ0v) is 35.8. The van der Waals surface area contributed by atoms with Crippen LogP contribution >= 0.6 is 11.3 Å². The number of carbonyl (C=O) groups is 8. The molecule has 8 N–H and O–H groups in total. The van der Waals surface area contributed by atoms with Gasteiger partial charge in [-0.25, -0.2) is 4.79 Å². The Balaban J connectivity index is 1.37. The maximum absolute atomic E-state index is 14.6. The van der Waals surface area contributed by atoms with Gasteiger partial charge in [0.05, 0.1) is 6.42 Å². The van der Waals surface area contributed by atoms with Gasteiger partial charge in [-0.3, -0.25) is 33.6 Å². The lowest BCUT2D eigenvalue weighted by Gasteiger charge is -2.27. The minimum atomic E-state index is -1.84. The molecule has 17 heteroatoms. The molecule has 3 heterocycles. The van der Waals surface area contributed by atoms with Gasteiger partial charge in [-0.05, 0) is 51.4 Å². The number of fused-ring (bicyclic) bond motifs is 18. The number of carboxylic acid groups (broad SMARTS) is 2. The molecular formula is C48H48N6O10S. The molecule has 65 heavy (non-hydrogen) atoms. The molecule has 0 unspecified atom stereocenters. The highest BCUT2D eigenvalue weighted by molar-refractivity contribution is 7.09. The van der Waals surface area contributed by atoms with Gasteiger partial charge in [0.2, 0.25) is 35.4 Å². The van der Waals surface area contributed by atoms with Gasteiger partial charge < -0.3 is 42.1 Å². The van der Waals surface area contributed by atoms with E-state index in [1.165, 1.54) is 23.5 Å². The number of nitrogens with one attached hydrogen (secondary N) is 6. The standard InChI is InChI=1S/C48H48N6O10S/c55-41-21-22-42(56)50-39(27-35-12-7-23-65-35)47(62)53-37(25-30-13-17-33(18-14-30)32-10-5-2-6-11-32)45(60)51-36(24-29-8-3-1-4-9-29)44(59)52-38(26-31-15-19-34(49-41)20-16-31)46(61)54-40(48(63)64)28-43(57)58/h1-20,23,36-40H,21-22,24-28H2,(H,49,55)(H,50,56)(H,51,60)(H,52,59)(H,53,62)(H,54,61)(H,57,58)(H,63,64)/t36-,37+,38+,39-,40+/m1/s1. The van der Waals surface area contributed by atoms with Crippen LogP contribution in [0.15, 0.2) is 127 Å². The van der Waals surface area contributed by atoms with Crippen LogP contribution in [-0.2, 0) is 64.0 Å². The third kappa shape index (κ3) is 14.2. The normalized spacial score (nSPS) is 19.2. The van der Waals surface area contributed by atoms with Gasteiger partial charge in [-0.15, -0.1) is 11.3 Å². The van der Waals surface area contributed by atoms with E-state index in [4.69, 9.17) is 0 Å². The molecule has 0 radical (unpaired) electrons. The van der Waals surface area contributed by atoms with Crippen molar-refractivity contribution in [2.24, 2.45) is 0 Å². The number of rotatable bonds is 12. The van der Waals surface area contributed by atoms with Crippen LogP contribution in [0.3, 0.4) is 0 Å². The third-order valence-corrected chi connectivity index (χ3v) is 11.5. The second-order valence-electron chi connectivity index (χ2n) is 15.5. The molecule has 1 aromatic heterocycles. The number of hydrogen-bond acceptors (Lipinski definition) is 9. The van der Waals surface area contributed by atoms with Crippen molar-refractivity contribution in [3.05, 3.63) is 148 Å². The van der Waals surface area contributed by atoms with Crippen LogP contribution in [0.1, 0.15) is 40.8 Å². The smallest absolute Gasteiger partial charge is 0.326 e. The molecule has 0 fully saturated rings. The Morgan fingerprint density at radius 2 is 1.15 bits per heavy atom. The fourth-order valence-corrected chi connectivity index (χ4v) is 7.91. The fourth-order valence-electron chi connectivity index (χ4n) is 7.16. The summed E-state index contributed by atoms with van der Waals surface area (Å²) >= 11 is 1.37. The third-order valence-electron chi connectivity index (χ3n) is 10.6. The number of carboxylic acids is 2. The Morgan fingerprint density at radius 1 is 0.600 bits per heavy atom. The Hall–Kier alpha value is -7.66. The Bertz CT molecular complexity index is 2470. The maximum atomic E-state index is 14.6. The van der Waals surface area contributed by atoms with E-state index in [0.717, 1.165) is 16.0 Å². The molecule has 5 atom stereocenters. The molecule has 336 valence electrons. The number of benzene rings is 4. The summed E-state index contributed by atoms with van der Waals surface area (Å²) < 4.78 is 0. The Morgan fingerprint density at radius 3 is 1.74 bits per heavy atom. The van der Waals surface area contributed by atoms with Gasteiger partial charge in [-0.1, -0.05) is 103 Å². The lowest BCUT2D eigenvalue weighted by Crippen LogP contribution is -2.60. The van der Waals surface area contributed by atoms with Crippen molar-refractivity contribution in [1.82, 2.24) is 26.6 Å². The summed E-state index contributed by atoms with van der Waals surface area (Å²) in [5.41, 5.74) is 3.96.